The summed E-state index contributed by atoms with van der Waals surface area (Å²) in [6.07, 6.45) is 0.250. The van der Waals surface area contributed by atoms with Gasteiger partial charge in [-0.2, -0.15) is 0 Å². The van der Waals surface area contributed by atoms with Crippen LogP contribution in [0.5, 0.6) is 5.75 Å². The minimum atomic E-state index is -0.841. The molecule has 0 fully saturated rings. The number of methoxy groups -OCH3 is 1. The quantitative estimate of drug-likeness (QED) is 0.702. The van der Waals surface area contributed by atoms with Crippen molar-refractivity contribution >= 4 is 43.7 Å². The minimum absolute atomic E-state index is 0.250. The Hall–Kier alpha value is -1.86. The number of primary amides is 1. The number of carbonyl (C=O) groups is 2. The van der Waals surface area contributed by atoms with Crippen molar-refractivity contribution in [2.45, 2.75) is 12.5 Å². The van der Waals surface area contributed by atoms with Crippen molar-refractivity contribution in [3.05, 3.63) is 62.5 Å². The third-order valence-corrected chi connectivity index (χ3v) is 4.31. The first-order chi connectivity index (χ1) is 11.4. The molecule has 0 saturated carbocycles. The molecular weight excluding hydrogens is 440 g/mol. The van der Waals surface area contributed by atoms with Crippen molar-refractivity contribution in [1.82, 2.24) is 5.32 Å². The summed E-state index contributed by atoms with van der Waals surface area (Å²) in [4.78, 5) is 24.2. The molecule has 0 aliphatic carbocycles. The molecule has 1 atom stereocenters. The summed E-state index contributed by atoms with van der Waals surface area (Å²) in [6, 6.07) is 11.6. The van der Waals surface area contributed by atoms with Gasteiger partial charge in [-0.25, -0.2) is 0 Å². The average Bonchev–Trinajstić information content (AvgIpc) is 2.53. The number of hydrogen-bond donors (Lipinski definition) is 2. The van der Waals surface area contributed by atoms with Crippen molar-refractivity contribution in [1.29, 1.82) is 0 Å². The molecule has 0 unspecified atom stereocenters. The van der Waals surface area contributed by atoms with Crippen molar-refractivity contribution in [2.75, 3.05) is 7.11 Å². The van der Waals surface area contributed by atoms with E-state index in [4.69, 9.17) is 10.5 Å². The molecule has 0 aliphatic rings. The predicted octanol–water partition coefficient (Wildman–Crippen LogP) is 3.05. The van der Waals surface area contributed by atoms with E-state index in [2.05, 4.69) is 37.2 Å². The normalized spacial score (nSPS) is 11.6. The molecule has 0 aliphatic heterocycles. The third kappa shape index (κ3) is 4.82. The molecule has 0 bridgehead atoms. The first-order valence-electron chi connectivity index (χ1n) is 7.09. The molecule has 0 radical (unpaired) electrons. The second kappa shape index (κ2) is 8.30. The Morgan fingerprint density at radius 3 is 2.38 bits per heavy atom. The molecule has 2 aromatic carbocycles. The highest BCUT2D eigenvalue weighted by molar-refractivity contribution is 9.11. The number of benzene rings is 2. The molecule has 0 heterocycles. The average molecular weight is 456 g/mol. The van der Waals surface area contributed by atoms with E-state index in [0.29, 0.717) is 11.3 Å². The van der Waals surface area contributed by atoms with Gasteiger partial charge in [0.05, 0.1) is 7.11 Å². The Kier molecular flexibility index (Phi) is 6.39. The smallest absolute Gasteiger partial charge is 0.252 e. The SMILES string of the molecule is COc1ccccc1C[C@@H](NC(=O)c1cc(Br)cc(Br)c1)C(N)=O. The Balaban J connectivity index is 2.19. The standard InChI is InChI=1S/C17H16Br2N2O3/c1-24-15-5-3-2-4-10(15)8-14(16(20)22)21-17(23)11-6-12(18)9-13(19)7-11/h2-7,9,14H,8H2,1H3,(H2,20,22)(H,21,23)/t14-/m1/s1. The fourth-order valence-electron chi connectivity index (χ4n) is 2.24. The molecule has 0 spiro atoms. The van der Waals surface area contributed by atoms with E-state index in [1.807, 2.05) is 24.3 Å². The number of hydrogen-bond acceptors (Lipinski definition) is 3. The van der Waals surface area contributed by atoms with Crippen LogP contribution in [0.3, 0.4) is 0 Å². The summed E-state index contributed by atoms with van der Waals surface area (Å²) in [5.41, 5.74) is 6.66. The maximum absolute atomic E-state index is 12.4. The first-order valence-corrected chi connectivity index (χ1v) is 8.67. The lowest BCUT2D eigenvalue weighted by Crippen LogP contribution is -2.45. The van der Waals surface area contributed by atoms with Crippen LogP contribution in [0.4, 0.5) is 0 Å². The summed E-state index contributed by atoms with van der Waals surface area (Å²) in [5, 5.41) is 2.68. The number of amides is 2. The lowest BCUT2D eigenvalue weighted by atomic mass is 10.0. The molecule has 126 valence electrons. The van der Waals surface area contributed by atoms with Crippen LogP contribution in [0.15, 0.2) is 51.4 Å². The van der Waals surface area contributed by atoms with Gasteiger partial charge in [0.1, 0.15) is 11.8 Å². The van der Waals surface area contributed by atoms with E-state index in [9.17, 15) is 9.59 Å². The van der Waals surface area contributed by atoms with Gasteiger partial charge in [-0.1, -0.05) is 50.1 Å². The molecule has 5 nitrogen and oxygen atoms in total. The van der Waals surface area contributed by atoms with Gasteiger partial charge in [0.2, 0.25) is 5.91 Å². The van der Waals surface area contributed by atoms with Crippen LogP contribution in [0.2, 0.25) is 0 Å². The fraction of sp³-hybridized carbons (Fsp3) is 0.176. The Morgan fingerprint density at radius 2 is 1.79 bits per heavy atom. The van der Waals surface area contributed by atoms with Crippen molar-refractivity contribution < 1.29 is 14.3 Å². The molecular formula is C17H16Br2N2O3. The summed E-state index contributed by atoms with van der Waals surface area (Å²) < 4.78 is 6.77. The van der Waals surface area contributed by atoms with E-state index in [0.717, 1.165) is 14.5 Å². The van der Waals surface area contributed by atoms with Gasteiger partial charge < -0.3 is 15.8 Å². The van der Waals surface area contributed by atoms with Gasteiger partial charge in [0, 0.05) is 20.9 Å². The van der Waals surface area contributed by atoms with Crippen LogP contribution >= 0.6 is 31.9 Å². The van der Waals surface area contributed by atoms with E-state index in [1.54, 1.807) is 25.3 Å². The topological polar surface area (TPSA) is 81.4 Å². The van der Waals surface area contributed by atoms with Crippen molar-refractivity contribution in [3.63, 3.8) is 0 Å². The molecule has 0 saturated heterocycles. The zero-order chi connectivity index (χ0) is 17.7. The molecule has 24 heavy (non-hydrogen) atoms. The molecule has 3 N–H and O–H groups in total. The second-order valence-electron chi connectivity index (χ2n) is 5.10. The molecule has 2 rings (SSSR count). The minimum Gasteiger partial charge on any atom is -0.496 e. The Bertz CT molecular complexity index is 745. The highest BCUT2D eigenvalue weighted by atomic mass is 79.9. The maximum atomic E-state index is 12.4. The second-order valence-corrected chi connectivity index (χ2v) is 6.93. The zero-order valence-corrected chi connectivity index (χ0v) is 16.1. The van der Waals surface area contributed by atoms with E-state index < -0.39 is 11.9 Å². The van der Waals surface area contributed by atoms with Crippen LogP contribution in [0, 0.1) is 0 Å². The summed E-state index contributed by atoms with van der Waals surface area (Å²) in [7, 11) is 1.55. The summed E-state index contributed by atoms with van der Waals surface area (Å²) in [6.45, 7) is 0. The lowest BCUT2D eigenvalue weighted by Gasteiger charge is -2.17. The van der Waals surface area contributed by atoms with Gasteiger partial charge >= 0.3 is 0 Å². The number of ether oxygens (including phenoxy) is 1. The van der Waals surface area contributed by atoms with E-state index in [-0.39, 0.29) is 12.3 Å². The van der Waals surface area contributed by atoms with E-state index in [1.165, 1.54) is 0 Å². The van der Waals surface area contributed by atoms with Crippen LogP contribution in [0.1, 0.15) is 15.9 Å². The number of halogens is 2. The highest BCUT2D eigenvalue weighted by Gasteiger charge is 2.21. The number of nitrogens with two attached hydrogens (primary N) is 1. The van der Waals surface area contributed by atoms with Crippen LogP contribution in [-0.4, -0.2) is 25.0 Å². The number of rotatable bonds is 6. The third-order valence-electron chi connectivity index (χ3n) is 3.39. The first kappa shape index (κ1) is 18.5. The molecule has 2 aromatic rings. The Morgan fingerprint density at radius 1 is 1.17 bits per heavy atom. The number of nitrogens with one attached hydrogen (secondary N) is 1. The number of carbonyl (C=O) groups excluding carboxylic acids is 2. The van der Waals surface area contributed by atoms with Crippen molar-refractivity contribution in [3.8, 4) is 5.75 Å². The number of para-hydroxylation sites is 1. The van der Waals surface area contributed by atoms with Crippen LogP contribution in [0.25, 0.3) is 0 Å². The maximum Gasteiger partial charge on any atom is 0.252 e. The van der Waals surface area contributed by atoms with Gasteiger partial charge in [-0.3, -0.25) is 9.59 Å². The fourth-order valence-corrected chi connectivity index (χ4v) is 3.53. The zero-order valence-electron chi connectivity index (χ0n) is 12.9. The molecule has 2 amide bonds. The van der Waals surface area contributed by atoms with Crippen molar-refractivity contribution in [2.24, 2.45) is 5.73 Å². The molecule has 0 aromatic heterocycles. The Labute approximate surface area is 156 Å². The largest absolute Gasteiger partial charge is 0.496 e. The van der Waals surface area contributed by atoms with Gasteiger partial charge in [-0.15, -0.1) is 0 Å². The van der Waals surface area contributed by atoms with E-state index >= 15 is 0 Å². The van der Waals surface area contributed by atoms with Gasteiger partial charge in [0.15, 0.2) is 0 Å². The van der Waals surface area contributed by atoms with Gasteiger partial charge in [-0.05, 0) is 29.8 Å². The summed E-state index contributed by atoms with van der Waals surface area (Å²) in [5.74, 6) is -0.345. The lowest BCUT2D eigenvalue weighted by molar-refractivity contribution is -0.119. The van der Waals surface area contributed by atoms with Crippen LogP contribution in [-0.2, 0) is 11.2 Å². The van der Waals surface area contributed by atoms with Crippen LogP contribution < -0.4 is 15.8 Å². The summed E-state index contributed by atoms with van der Waals surface area (Å²) >= 11 is 6.66. The predicted molar refractivity (Wildman–Crippen MR) is 99.0 cm³/mol. The van der Waals surface area contributed by atoms with Gasteiger partial charge in [0.25, 0.3) is 5.91 Å². The molecule has 7 heteroatoms. The highest BCUT2D eigenvalue weighted by Crippen LogP contribution is 2.21. The monoisotopic (exact) mass is 454 g/mol.